The van der Waals surface area contributed by atoms with Crippen LogP contribution in [-0.2, 0) is 4.79 Å². The van der Waals surface area contributed by atoms with Gasteiger partial charge in [0.05, 0.1) is 6.10 Å². The maximum absolute atomic E-state index is 13.7. The van der Waals surface area contributed by atoms with Crippen LogP contribution >= 0.6 is 0 Å². The molecule has 1 saturated heterocycles. The van der Waals surface area contributed by atoms with E-state index in [0.29, 0.717) is 26.1 Å². The lowest BCUT2D eigenvalue weighted by molar-refractivity contribution is -0.131. The second-order valence-electron chi connectivity index (χ2n) is 5.97. The molecule has 1 aromatic carbocycles. The molecule has 4 nitrogen and oxygen atoms in total. The predicted molar refractivity (Wildman–Crippen MR) is 83.9 cm³/mol. The van der Waals surface area contributed by atoms with Crippen LogP contribution in [0.15, 0.2) is 18.2 Å². The lowest BCUT2D eigenvalue weighted by Gasteiger charge is -2.24. The fourth-order valence-electron chi connectivity index (χ4n) is 2.89. The Morgan fingerprint density at radius 2 is 2.04 bits per heavy atom. The Balaban J connectivity index is 1.93. The van der Waals surface area contributed by atoms with Crippen molar-refractivity contribution >= 4 is 5.91 Å². The van der Waals surface area contributed by atoms with Crippen LogP contribution in [0.5, 0.6) is 0 Å². The van der Waals surface area contributed by atoms with E-state index >= 15 is 0 Å². The van der Waals surface area contributed by atoms with Crippen molar-refractivity contribution < 1.29 is 18.7 Å². The van der Waals surface area contributed by atoms with Crippen molar-refractivity contribution in [2.24, 2.45) is 0 Å². The largest absolute Gasteiger partial charge is 0.387 e. The van der Waals surface area contributed by atoms with Crippen LogP contribution in [0.1, 0.15) is 37.9 Å². The van der Waals surface area contributed by atoms with Crippen molar-refractivity contribution in [2.75, 3.05) is 32.7 Å². The third kappa shape index (κ3) is 4.97. The summed E-state index contributed by atoms with van der Waals surface area (Å²) in [6.45, 7) is 4.88. The number of hydrogen-bond acceptors (Lipinski definition) is 3. The lowest BCUT2D eigenvalue weighted by atomic mass is 10.1. The van der Waals surface area contributed by atoms with Crippen LogP contribution in [0.2, 0.25) is 0 Å². The van der Waals surface area contributed by atoms with E-state index in [9.17, 15) is 18.7 Å². The van der Waals surface area contributed by atoms with Crippen LogP contribution in [0, 0.1) is 11.6 Å². The van der Waals surface area contributed by atoms with Crippen molar-refractivity contribution in [1.29, 1.82) is 0 Å². The fourth-order valence-corrected chi connectivity index (χ4v) is 2.89. The molecular formula is C17H24F2N2O2. The van der Waals surface area contributed by atoms with Crippen molar-refractivity contribution in [1.82, 2.24) is 9.80 Å². The van der Waals surface area contributed by atoms with Gasteiger partial charge in [-0.2, -0.15) is 0 Å². The van der Waals surface area contributed by atoms with Gasteiger partial charge < -0.3 is 10.0 Å². The summed E-state index contributed by atoms with van der Waals surface area (Å²) in [7, 11) is 0. The monoisotopic (exact) mass is 326 g/mol. The lowest BCUT2D eigenvalue weighted by Crippen LogP contribution is -2.36. The Labute approximate surface area is 135 Å². The Bertz CT molecular complexity index is 539. The van der Waals surface area contributed by atoms with E-state index < -0.39 is 17.7 Å². The maximum atomic E-state index is 13.7. The first-order valence-corrected chi connectivity index (χ1v) is 8.14. The number of hydrogen-bond donors (Lipinski definition) is 1. The SMILES string of the molecule is CCCC(=O)N1CCCN(CC(O)c2cc(F)ccc2F)CC1. The molecule has 1 heterocycles. The van der Waals surface area contributed by atoms with Crippen molar-refractivity contribution in [3.05, 3.63) is 35.4 Å². The number of halogens is 2. The van der Waals surface area contributed by atoms with Gasteiger partial charge in [0.2, 0.25) is 5.91 Å². The highest BCUT2D eigenvalue weighted by Gasteiger charge is 2.22. The summed E-state index contributed by atoms with van der Waals surface area (Å²) in [6.07, 6.45) is 1.12. The average Bonchev–Trinajstić information content (AvgIpc) is 2.75. The number of carbonyl (C=O) groups excluding carboxylic acids is 1. The topological polar surface area (TPSA) is 43.8 Å². The Kier molecular flexibility index (Phi) is 6.47. The van der Waals surface area contributed by atoms with Gasteiger partial charge in [-0.25, -0.2) is 8.78 Å². The molecule has 0 spiro atoms. The zero-order valence-corrected chi connectivity index (χ0v) is 13.5. The quantitative estimate of drug-likeness (QED) is 0.903. The summed E-state index contributed by atoms with van der Waals surface area (Å²) in [5.41, 5.74) is -0.0202. The van der Waals surface area contributed by atoms with Crippen LogP contribution in [0.3, 0.4) is 0 Å². The van der Waals surface area contributed by atoms with Gasteiger partial charge in [0, 0.05) is 44.7 Å². The number of benzene rings is 1. The number of carbonyl (C=O) groups is 1. The second-order valence-corrected chi connectivity index (χ2v) is 5.97. The minimum absolute atomic E-state index is 0.0202. The first-order chi connectivity index (χ1) is 11.0. The van der Waals surface area contributed by atoms with Gasteiger partial charge in [0.25, 0.3) is 0 Å². The number of rotatable bonds is 5. The second kappa shape index (κ2) is 8.36. The molecule has 1 unspecified atom stereocenters. The van der Waals surface area contributed by atoms with E-state index in [1.54, 1.807) is 0 Å². The molecule has 1 atom stereocenters. The van der Waals surface area contributed by atoms with Crippen molar-refractivity contribution in [3.8, 4) is 0 Å². The molecule has 0 saturated carbocycles. The van der Waals surface area contributed by atoms with Gasteiger partial charge in [-0.1, -0.05) is 6.92 Å². The normalized spacial score (nSPS) is 17.8. The molecule has 1 fully saturated rings. The molecule has 0 bridgehead atoms. The third-order valence-electron chi connectivity index (χ3n) is 4.15. The molecule has 0 aliphatic carbocycles. The highest BCUT2D eigenvalue weighted by Crippen LogP contribution is 2.20. The molecule has 0 radical (unpaired) electrons. The smallest absolute Gasteiger partial charge is 0.222 e. The molecule has 1 aliphatic rings. The summed E-state index contributed by atoms with van der Waals surface area (Å²) < 4.78 is 26.9. The van der Waals surface area contributed by atoms with E-state index in [-0.39, 0.29) is 18.0 Å². The first-order valence-electron chi connectivity index (χ1n) is 8.14. The standard InChI is InChI=1S/C17H24F2N2O2/c1-2-4-17(23)21-8-3-7-20(9-10-21)12-16(22)14-11-13(18)5-6-15(14)19/h5-6,11,16,22H,2-4,7-10,12H2,1H3. The van der Waals surface area contributed by atoms with E-state index in [1.807, 2.05) is 16.7 Å². The minimum Gasteiger partial charge on any atom is -0.387 e. The Morgan fingerprint density at radius 1 is 1.26 bits per heavy atom. The van der Waals surface area contributed by atoms with Crippen molar-refractivity contribution in [3.63, 3.8) is 0 Å². The molecule has 1 N–H and O–H groups in total. The number of aliphatic hydroxyl groups excluding tert-OH is 1. The molecule has 23 heavy (non-hydrogen) atoms. The van der Waals surface area contributed by atoms with Gasteiger partial charge in [-0.05, 0) is 31.0 Å². The third-order valence-corrected chi connectivity index (χ3v) is 4.15. The minimum atomic E-state index is -1.08. The summed E-state index contributed by atoms with van der Waals surface area (Å²) in [5, 5.41) is 10.2. The Morgan fingerprint density at radius 3 is 2.78 bits per heavy atom. The van der Waals surface area contributed by atoms with E-state index in [2.05, 4.69) is 0 Å². The van der Waals surface area contributed by atoms with Gasteiger partial charge in [0.15, 0.2) is 0 Å². The van der Waals surface area contributed by atoms with Crippen LogP contribution in [0.4, 0.5) is 8.78 Å². The predicted octanol–water partition coefficient (Wildman–Crippen LogP) is 2.33. The zero-order valence-electron chi connectivity index (χ0n) is 13.5. The number of aliphatic hydroxyl groups is 1. The maximum Gasteiger partial charge on any atom is 0.222 e. The highest BCUT2D eigenvalue weighted by atomic mass is 19.1. The number of amides is 1. The van der Waals surface area contributed by atoms with E-state index in [1.165, 1.54) is 0 Å². The number of β-amino-alcohol motifs (C(OH)–C–C–N with tert-alkyl or cyclic N) is 1. The highest BCUT2D eigenvalue weighted by molar-refractivity contribution is 5.76. The molecule has 6 heteroatoms. The summed E-state index contributed by atoms with van der Waals surface area (Å²) in [4.78, 5) is 15.8. The van der Waals surface area contributed by atoms with Gasteiger partial charge in [-0.15, -0.1) is 0 Å². The van der Waals surface area contributed by atoms with E-state index in [0.717, 1.165) is 37.6 Å². The molecule has 2 rings (SSSR count). The van der Waals surface area contributed by atoms with Crippen LogP contribution < -0.4 is 0 Å². The summed E-state index contributed by atoms with van der Waals surface area (Å²) >= 11 is 0. The van der Waals surface area contributed by atoms with Gasteiger partial charge in [-0.3, -0.25) is 9.69 Å². The molecule has 0 aromatic heterocycles. The molecule has 1 aromatic rings. The van der Waals surface area contributed by atoms with Gasteiger partial charge in [0.1, 0.15) is 11.6 Å². The average molecular weight is 326 g/mol. The van der Waals surface area contributed by atoms with Crippen molar-refractivity contribution in [2.45, 2.75) is 32.3 Å². The van der Waals surface area contributed by atoms with E-state index in [4.69, 9.17) is 0 Å². The van der Waals surface area contributed by atoms with Gasteiger partial charge >= 0.3 is 0 Å². The summed E-state index contributed by atoms with van der Waals surface area (Å²) in [6, 6.07) is 3.10. The first kappa shape index (κ1) is 17.8. The zero-order chi connectivity index (χ0) is 16.8. The fraction of sp³-hybridized carbons (Fsp3) is 0.588. The van der Waals surface area contributed by atoms with Crippen LogP contribution in [0.25, 0.3) is 0 Å². The molecule has 1 aliphatic heterocycles. The molecule has 1 amide bonds. The van der Waals surface area contributed by atoms with Crippen LogP contribution in [-0.4, -0.2) is 53.5 Å². The number of nitrogens with zero attached hydrogens (tertiary/aromatic N) is 2. The Hall–Kier alpha value is -1.53. The summed E-state index contributed by atoms with van der Waals surface area (Å²) in [5.74, 6) is -1.01. The molecule has 128 valence electrons. The molecular weight excluding hydrogens is 302 g/mol.